The molecule has 1 aromatic heterocycles. The minimum Gasteiger partial charge on any atom is -0.487 e. The summed E-state index contributed by atoms with van der Waals surface area (Å²) < 4.78 is 5.12. The molecule has 1 aliphatic carbocycles. The Labute approximate surface area is 88.5 Å². The third-order valence-corrected chi connectivity index (χ3v) is 4.06. The molecule has 14 heavy (non-hydrogen) atoms. The molecule has 1 heterocycles. The number of ether oxygens (including phenoxy) is 1. The van der Waals surface area contributed by atoms with Crippen LogP contribution in [-0.4, -0.2) is 12.2 Å². The number of aliphatic hydroxyl groups excluding tert-OH is 1. The molecule has 3 heteroatoms. The van der Waals surface area contributed by atoms with Gasteiger partial charge in [0.1, 0.15) is 0 Å². The van der Waals surface area contributed by atoms with Crippen molar-refractivity contribution in [2.24, 2.45) is 5.92 Å². The summed E-state index contributed by atoms with van der Waals surface area (Å²) in [5.74, 6) is 0.471. The Balaban J connectivity index is 2.05. The molecule has 1 aliphatic rings. The van der Waals surface area contributed by atoms with E-state index in [1.54, 1.807) is 18.4 Å². The Hall–Kier alpha value is -0.540. The molecule has 0 spiro atoms. The normalized spacial score (nSPS) is 19.9. The van der Waals surface area contributed by atoms with Gasteiger partial charge in [-0.1, -0.05) is 12.8 Å². The monoisotopic (exact) mass is 212 g/mol. The highest BCUT2D eigenvalue weighted by molar-refractivity contribution is 7.13. The van der Waals surface area contributed by atoms with Crippen molar-refractivity contribution in [1.82, 2.24) is 0 Å². The number of hydrogen-bond acceptors (Lipinski definition) is 3. The first-order valence-electron chi connectivity index (χ1n) is 5.13. The molecule has 78 valence electrons. The van der Waals surface area contributed by atoms with Crippen LogP contribution in [-0.2, 0) is 0 Å². The van der Waals surface area contributed by atoms with Gasteiger partial charge in [-0.15, -0.1) is 11.3 Å². The quantitative estimate of drug-likeness (QED) is 0.834. The van der Waals surface area contributed by atoms with E-state index >= 15 is 0 Å². The summed E-state index contributed by atoms with van der Waals surface area (Å²) in [5, 5.41) is 11.0. The molecule has 1 saturated carbocycles. The van der Waals surface area contributed by atoms with Gasteiger partial charge in [-0.2, -0.15) is 0 Å². The van der Waals surface area contributed by atoms with Gasteiger partial charge >= 0.3 is 0 Å². The Morgan fingerprint density at radius 1 is 1.43 bits per heavy atom. The van der Waals surface area contributed by atoms with E-state index < -0.39 is 0 Å². The van der Waals surface area contributed by atoms with Crippen LogP contribution in [0.3, 0.4) is 0 Å². The van der Waals surface area contributed by atoms with Gasteiger partial charge in [-0.25, -0.2) is 0 Å². The molecule has 2 rings (SSSR count). The summed E-state index contributed by atoms with van der Waals surface area (Å²) in [4.78, 5) is 1.05. The van der Waals surface area contributed by atoms with Crippen LogP contribution >= 0.6 is 11.3 Å². The average Bonchev–Trinajstić information content (AvgIpc) is 2.88. The van der Waals surface area contributed by atoms with E-state index in [-0.39, 0.29) is 6.10 Å². The van der Waals surface area contributed by atoms with Crippen molar-refractivity contribution in [2.75, 3.05) is 7.11 Å². The van der Waals surface area contributed by atoms with Crippen LogP contribution in [0.4, 0.5) is 0 Å². The summed E-state index contributed by atoms with van der Waals surface area (Å²) in [7, 11) is 1.66. The van der Waals surface area contributed by atoms with Crippen molar-refractivity contribution >= 4 is 11.3 Å². The van der Waals surface area contributed by atoms with Gasteiger partial charge in [0.25, 0.3) is 0 Å². The van der Waals surface area contributed by atoms with E-state index in [9.17, 15) is 5.11 Å². The highest BCUT2D eigenvalue weighted by atomic mass is 32.1. The number of hydrogen-bond donors (Lipinski definition) is 1. The predicted octanol–water partition coefficient (Wildman–Crippen LogP) is 2.98. The van der Waals surface area contributed by atoms with E-state index in [1.165, 1.54) is 25.7 Å². The number of methoxy groups -OCH3 is 1. The molecule has 0 radical (unpaired) electrons. The second-order valence-electron chi connectivity index (χ2n) is 3.85. The molecule has 0 aromatic carbocycles. The summed E-state index contributed by atoms with van der Waals surface area (Å²) in [6.07, 6.45) is 4.60. The summed E-state index contributed by atoms with van der Waals surface area (Å²) in [6, 6.07) is 3.91. The Morgan fingerprint density at radius 2 is 2.14 bits per heavy atom. The Kier molecular flexibility index (Phi) is 3.08. The molecular weight excluding hydrogens is 196 g/mol. The number of thiophene rings is 1. The highest BCUT2D eigenvalue weighted by Crippen LogP contribution is 2.39. The fourth-order valence-electron chi connectivity index (χ4n) is 2.11. The van der Waals surface area contributed by atoms with E-state index in [4.69, 9.17) is 4.74 Å². The van der Waals surface area contributed by atoms with Gasteiger partial charge in [0.2, 0.25) is 0 Å². The second kappa shape index (κ2) is 4.32. The van der Waals surface area contributed by atoms with Crippen LogP contribution in [0, 0.1) is 5.92 Å². The van der Waals surface area contributed by atoms with Crippen molar-refractivity contribution in [1.29, 1.82) is 0 Å². The summed E-state index contributed by atoms with van der Waals surface area (Å²) in [5.41, 5.74) is 0. The molecule has 0 bridgehead atoms. The molecular formula is C11H16O2S. The summed E-state index contributed by atoms with van der Waals surface area (Å²) in [6.45, 7) is 0. The average molecular weight is 212 g/mol. The van der Waals surface area contributed by atoms with Crippen LogP contribution in [0.25, 0.3) is 0 Å². The van der Waals surface area contributed by atoms with E-state index in [0.717, 1.165) is 9.94 Å². The zero-order valence-corrected chi connectivity index (χ0v) is 9.22. The second-order valence-corrected chi connectivity index (χ2v) is 4.93. The molecule has 1 N–H and O–H groups in total. The van der Waals surface area contributed by atoms with Crippen molar-refractivity contribution in [3.8, 4) is 5.06 Å². The third kappa shape index (κ3) is 1.93. The van der Waals surface area contributed by atoms with Crippen LogP contribution in [0.2, 0.25) is 0 Å². The van der Waals surface area contributed by atoms with Crippen LogP contribution in [0.5, 0.6) is 5.06 Å². The molecule has 1 atom stereocenters. The van der Waals surface area contributed by atoms with Gasteiger partial charge in [0.05, 0.1) is 13.2 Å². The van der Waals surface area contributed by atoms with E-state index in [2.05, 4.69) is 0 Å². The third-order valence-electron chi connectivity index (χ3n) is 2.94. The van der Waals surface area contributed by atoms with Gasteiger partial charge in [-0.05, 0) is 30.9 Å². The highest BCUT2D eigenvalue weighted by Gasteiger charge is 2.25. The molecule has 1 fully saturated rings. The van der Waals surface area contributed by atoms with Crippen molar-refractivity contribution < 1.29 is 9.84 Å². The van der Waals surface area contributed by atoms with Gasteiger partial charge < -0.3 is 9.84 Å². The predicted molar refractivity (Wildman–Crippen MR) is 57.8 cm³/mol. The fraction of sp³-hybridized carbons (Fsp3) is 0.636. The van der Waals surface area contributed by atoms with Crippen LogP contribution in [0.1, 0.15) is 36.7 Å². The van der Waals surface area contributed by atoms with Crippen LogP contribution in [0.15, 0.2) is 12.1 Å². The van der Waals surface area contributed by atoms with Gasteiger partial charge in [0.15, 0.2) is 5.06 Å². The van der Waals surface area contributed by atoms with Crippen molar-refractivity contribution in [2.45, 2.75) is 31.8 Å². The lowest BCUT2D eigenvalue weighted by molar-refractivity contribution is 0.115. The van der Waals surface area contributed by atoms with Gasteiger partial charge in [0, 0.05) is 4.88 Å². The fourth-order valence-corrected chi connectivity index (χ4v) is 3.01. The lowest BCUT2D eigenvalue weighted by Gasteiger charge is -2.15. The zero-order chi connectivity index (χ0) is 9.97. The summed E-state index contributed by atoms with van der Waals surface area (Å²) >= 11 is 1.56. The van der Waals surface area contributed by atoms with E-state index in [1.807, 2.05) is 12.1 Å². The van der Waals surface area contributed by atoms with E-state index in [0.29, 0.717) is 5.92 Å². The number of rotatable bonds is 3. The van der Waals surface area contributed by atoms with Gasteiger partial charge in [-0.3, -0.25) is 0 Å². The number of aliphatic hydroxyl groups is 1. The molecule has 0 saturated heterocycles. The standard InChI is InChI=1S/C11H16O2S/c1-13-10-7-6-9(14-10)11(12)8-4-2-3-5-8/h6-8,11-12H,2-5H2,1H3. The molecule has 0 aliphatic heterocycles. The smallest absolute Gasteiger partial charge is 0.173 e. The molecule has 0 amide bonds. The van der Waals surface area contributed by atoms with Crippen molar-refractivity contribution in [3.63, 3.8) is 0 Å². The molecule has 1 unspecified atom stereocenters. The minimum atomic E-state index is -0.272. The Bertz CT molecular complexity index is 289. The first kappa shape index (κ1) is 9.99. The minimum absolute atomic E-state index is 0.272. The maximum absolute atomic E-state index is 10.1. The van der Waals surface area contributed by atoms with Crippen molar-refractivity contribution in [3.05, 3.63) is 17.0 Å². The molecule has 1 aromatic rings. The first-order chi connectivity index (χ1) is 6.81. The molecule has 2 nitrogen and oxygen atoms in total. The topological polar surface area (TPSA) is 29.5 Å². The maximum Gasteiger partial charge on any atom is 0.173 e. The first-order valence-corrected chi connectivity index (χ1v) is 5.94. The maximum atomic E-state index is 10.1. The lowest BCUT2D eigenvalue weighted by Crippen LogP contribution is -2.06. The largest absolute Gasteiger partial charge is 0.487 e. The van der Waals surface area contributed by atoms with Crippen LogP contribution < -0.4 is 4.74 Å². The zero-order valence-electron chi connectivity index (χ0n) is 8.40. The Morgan fingerprint density at radius 3 is 2.71 bits per heavy atom. The lowest BCUT2D eigenvalue weighted by atomic mass is 10.00. The SMILES string of the molecule is COc1ccc(C(O)C2CCCC2)s1.